The summed E-state index contributed by atoms with van der Waals surface area (Å²) < 4.78 is 4.84. The molecular weight excluding hydrogens is 318 g/mol. The summed E-state index contributed by atoms with van der Waals surface area (Å²) in [6, 6.07) is 12.4. The molecule has 5 heteroatoms. The molecule has 25 heavy (non-hydrogen) atoms. The molecular formula is C20H21NO4. The van der Waals surface area contributed by atoms with Gasteiger partial charge in [0.2, 0.25) is 0 Å². The van der Waals surface area contributed by atoms with Crippen LogP contribution in [0.2, 0.25) is 0 Å². The minimum absolute atomic E-state index is 0.130. The first kappa shape index (κ1) is 17.1. The number of amides is 1. The van der Waals surface area contributed by atoms with E-state index in [4.69, 9.17) is 4.74 Å². The lowest BCUT2D eigenvalue weighted by Gasteiger charge is -2.28. The summed E-state index contributed by atoms with van der Waals surface area (Å²) in [4.78, 5) is 36.5. The zero-order chi connectivity index (χ0) is 17.8. The molecule has 1 saturated carbocycles. The Hall–Kier alpha value is -2.69. The van der Waals surface area contributed by atoms with Gasteiger partial charge >= 0.3 is 5.97 Å². The molecule has 0 saturated heterocycles. The van der Waals surface area contributed by atoms with E-state index in [2.05, 4.69) is 5.32 Å². The molecule has 0 aliphatic heterocycles. The van der Waals surface area contributed by atoms with Gasteiger partial charge in [0.05, 0.1) is 7.11 Å². The lowest BCUT2D eigenvalue weighted by Crippen LogP contribution is -2.48. The van der Waals surface area contributed by atoms with Crippen molar-refractivity contribution < 1.29 is 19.1 Å². The highest BCUT2D eigenvalue weighted by atomic mass is 16.5. The average molecular weight is 339 g/mol. The maximum atomic E-state index is 12.6. The monoisotopic (exact) mass is 339 g/mol. The van der Waals surface area contributed by atoms with Crippen LogP contribution in [0.5, 0.6) is 0 Å². The van der Waals surface area contributed by atoms with Gasteiger partial charge in [-0.05, 0) is 41.7 Å². The number of methoxy groups -OCH3 is 1. The third kappa shape index (κ3) is 3.87. The molecule has 1 N–H and O–H groups in total. The number of ketones is 1. The summed E-state index contributed by atoms with van der Waals surface area (Å²) in [7, 11) is 1.29. The molecule has 2 aromatic rings. The smallest absolute Gasteiger partial charge is 0.328 e. The van der Waals surface area contributed by atoms with Gasteiger partial charge in [-0.3, -0.25) is 9.59 Å². The Labute approximate surface area is 146 Å². The number of ether oxygens (including phenoxy) is 1. The van der Waals surface area contributed by atoms with Crippen LogP contribution >= 0.6 is 0 Å². The van der Waals surface area contributed by atoms with Crippen molar-refractivity contribution in [3.8, 4) is 0 Å². The van der Waals surface area contributed by atoms with Crippen molar-refractivity contribution in [2.24, 2.45) is 5.92 Å². The third-order valence-electron chi connectivity index (χ3n) is 4.75. The zero-order valence-corrected chi connectivity index (χ0v) is 14.2. The second-order valence-corrected chi connectivity index (χ2v) is 6.43. The van der Waals surface area contributed by atoms with Gasteiger partial charge in [-0.2, -0.15) is 0 Å². The van der Waals surface area contributed by atoms with Crippen LogP contribution in [0.1, 0.15) is 36.0 Å². The van der Waals surface area contributed by atoms with Crippen molar-refractivity contribution in [3.63, 3.8) is 0 Å². The fraction of sp³-hybridized carbons (Fsp3) is 0.350. The van der Waals surface area contributed by atoms with Gasteiger partial charge in [0.25, 0.3) is 5.91 Å². The van der Waals surface area contributed by atoms with E-state index < -0.39 is 12.0 Å². The van der Waals surface area contributed by atoms with E-state index in [1.165, 1.54) is 7.11 Å². The molecule has 0 radical (unpaired) electrons. The molecule has 1 aliphatic rings. The van der Waals surface area contributed by atoms with Crippen LogP contribution in [0.3, 0.4) is 0 Å². The van der Waals surface area contributed by atoms with Gasteiger partial charge in [0.1, 0.15) is 11.8 Å². The summed E-state index contributed by atoms with van der Waals surface area (Å²) in [5.41, 5.74) is 0.481. The number of hydrogen-bond donors (Lipinski definition) is 1. The van der Waals surface area contributed by atoms with Crippen LogP contribution in [-0.2, 0) is 14.3 Å². The molecule has 0 aromatic heterocycles. The number of nitrogens with one attached hydrogen (secondary N) is 1. The number of benzene rings is 2. The summed E-state index contributed by atoms with van der Waals surface area (Å²) in [5.74, 6) is -0.920. The van der Waals surface area contributed by atoms with Crippen molar-refractivity contribution >= 4 is 28.4 Å². The second-order valence-electron chi connectivity index (χ2n) is 6.43. The van der Waals surface area contributed by atoms with E-state index in [1.54, 1.807) is 12.1 Å². The number of esters is 1. The molecule has 130 valence electrons. The lowest BCUT2D eigenvalue weighted by molar-refractivity contribution is -0.145. The zero-order valence-electron chi connectivity index (χ0n) is 14.2. The highest BCUT2D eigenvalue weighted by molar-refractivity contribution is 6.00. The predicted molar refractivity (Wildman–Crippen MR) is 94.2 cm³/mol. The van der Waals surface area contributed by atoms with Crippen LogP contribution in [0, 0.1) is 5.92 Å². The molecule has 0 spiro atoms. The molecule has 1 fully saturated rings. The Kier molecular flexibility index (Phi) is 5.12. The topological polar surface area (TPSA) is 72.5 Å². The van der Waals surface area contributed by atoms with Crippen molar-refractivity contribution in [2.75, 3.05) is 7.11 Å². The number of hydrogen-bond acceptors (Lipinski definition) is 4. The molecule has 5 nitrogen and oxygen atoms in total. The summed E-state index contributed by atoms with van der Waals surface area (Å²) in [6.45, 7) is 0. The van der Waals surface area contributed by atoms with Crippen LogP contribution in [0.25, 0.3) is 10.8 Å². The predicted octanol–water partition coefficient (Wildman–Crippen LogP) is 2.87. The highest BCUT2D eigenvalue weighted by Crippen LogP contribution is 2.25. The first-order valence-electron chi connectivity index (χ1n) is 8.47. The number of carbonyl (C=O) groups excluding carboxylic acids is 3. The third-order valence-corrected chi connectivity index (χ3v) is 4.75. The fourth-order valence-corrected chi connectivity index (χ4v) is 3.39. The van der Waals surface area contributed by atoms with Gasteiger partial charge in [-0.25, -0.2) is 4.79 Å². The molecule has 3 rings (SSSR count). The first-order chi connectivity index (χ1) is 12.1. The van der Waals surface area contributed by atoms with Crippen molar-refractivity contribution in [3.05, 3.63) is 48.0 Å². The van der Waals surface area contributed by atoms with E-state index in [9.17, 15) is 14.4 Å². The van der Waals surface area contributed by atoms with E-state index in [0.717, 1.165) is 23.6 Å². The molecule has 2 atom stereocenters. The number of fused-ring (bicyclic) bond motifs is 1. The molecule has 2 aromatic carbocycles. The standard InChI is InChI=1S/C20H21NO4/c1-25-20(24)18(15-7-4-8-17(22)12-15)21-19(23)16-10-9-13-5-2-3-6-14(13)11-16/h2-3,5-6,9-11,15,18H,4,7-8,12H2,1H3,(H,21,23)/t15-,18+/m0/s1. The van der Waals surface area contributed by atoms with Crippen LogP contribution in [-0.4, -0.2) is 30.8 Å². The van der Waals surface area contributed by atoms with Gasteiger partial charge in [0.15, 0.2) is 0 Å². The SMILES string of the molecule is COC(=O)[C@H](NC(=O)c1ccc2ccccc2c1)[C@H]1CCCC(=O)C1. The van der Waals surface area contributed by atoms with Gasteiger partial charge < -0.3 is 10.1 Å². The summed E-state index contributed by atoms with van der Waals surface area (Å²) in [6.07, 6.45) is 2.31. The Bertz CT molecular complexity index is 814. The van der Waals surface area contributed by atoms with Gasteiger partial charge in [-0.15, -0.1) is 0 Å². The minimum Gasteiger partial charge on any atom is -0.467 e. The Balaban J connectivity index is 1.81. The van der Waals surface area contributed by atoms with Crippen molar-refractivity contribution in [1.29, 1.82) is 0 Å². The van der Waals surface area contributed by atoms with Crippen LogP contribution < -0.4 is 5.32 Å². The van der Waals surface area contributed by atoms with E-state index >= 15 is 0 Å². The van der Waals surface area contributed by atoms with Crippen molar-refractivity contribution in [1.82, 2.24) is 5.32 Å². The normalized spacial score (nSPS) is 18.6. The average Bonchev–Trinajstić information content (AvgIpc) is 2.64. The molecule has 0 bridgehead atoms. The Morgan fingerprint density at radius 3 is 2.64 bits per heavy atom. The summed E-state index contributed by atoms with van der Waals surface area (Å²) in [5, 5.41) is 4.77. The Morgan fingerprint density at radius 1 is 1.16 bits per heavy atom. The van der Waals surface area contributed by atoms with Crippen LogP contribution in [0.15, 0.2) is 42.5 Å². The minimum atomic E-state index is -0.798. The fourth-order valence-electron chi connectivity index (χ4n) is 3.39. The van der Waals surface area contributed by atoms with Crippen molar-refractivity contribution in [2.45, 2.75) is 31.7 Å². The quantitative estimate of drug-likeness (QED) is 0.870. The maximum absolute atomic E-state index is 12.6. The number of carbonyl (C=O) groups is 3. The molecule has 0 heterocycles. The summed E-state index contributed by atoms with van der Waals surface area (Å²) >= 11 is 0. The van der Waals surface area contributed by atoms with E-state index in [1.807, 2.05) is 30.3 Å². The van der Waals surface area contributed by atoms with Crippen LogP contribution in [0.4, 0.5) is 0 Å². The second kappa shape index (κ2) is 7.47. The molecule has 0 unspecified atom stereocenters. The largest absolute Gasteiger partial charge is 0.467 e. The lowest BCUT2D eigenvalue weighted by atomic mass is 9.83. The maximum Gasteiger partial charge on any atom is 0.328 e. The van der Waals surface area contributed by atoms with Gasteiger partial charge in [0, 0.05) is 18.4 Å². The number of rotatable bonds is 4. The van der Waals surface area contributed by atoms with E-state index in [-0.39, 0.29) is 17.6 Å². The molecule has 1 amide bonds. The highest BCUT2D eigenvalue weighted by Gasteiger charge is 2.34. The van der Waals surface area contributed by atoms with E-state index in [0.29, 0.717) is 18.4 Å². The van der Waals surface area contributed by atoms with Gasteiger partial charge in [-0.1, -0.05) is 30.3 Å². The Morgan fingerprint density at radius 2 is 1.92 bits per heavy atom. The first-order valence-corrected chi connectivity index (χ1v) is 8.47. The molecule has 1 aliphatic carbocycles. The number of Topliss-reactive ketones (excluding diaryl/α,β-unsaturated/α-hetero) is 1.